The minimum absolute atomic E-state index is 0.822. The van der Waals surface area contributed by atoms with E-state index in [1.165, 1.54) is 245 Å². The molecule has 0 spiro atoms. The maximum Gasteiger partial charge on any atom is 0.000692 e. The summed E-state index contributed by atoms with van der Waals surface area (Å²) in [6, 6.07) is 0. The van der Waals surface area contributed by atoms with Crippen molar-refractivity contribution in [3.05, 3.63) is 24.3 Å². The van der Waals surface area contributed by atoms with Crippen LogP contribution in [0.5, 0.6) is 0 Å². The Kier molecular flexibility index (Phi) is 42.6. The second-order valence-electron chi connectivity index (χ2n) is 17.2. The van der Waals surface area contributed by atoms with E-state index in [1.54, 1.807) is 0 Å². The number of nitrogens with zero attached hydrogens (tertiary/aromatic N) is 2. The van der Waals surface area contributed by atoms with Crippen LogP contribution in [0, 0.1) is 11.8 Å². The molecule has 2 atom stereocenters. The van der Waals surface area contributed by atoms with Crippen LogP contribution in [0.15, 0.2) is 24.3 Å². The van der Waals surface area contributed by atoms with Crippen LogP contribution in [0.2, 0.25) is 0 Å². The van der Waals surface area contributed by atoms with Gasteiger partial charge < -0.3 is 9.80 Å². The predicted octanol–water partition coefficient (Wildman–Crippen LogP) is 16.5. The zero-order valence-corrected chi connectivity index (χ0v) is 37.2. The van der Waals surface area contributed by atoms with Gasteiger partial charge in [0.2, 0.25) is 0 Å². The largest absolute Gasteiger partial charge is 0.303 e. The molecule has 2 unspecified atom stereocenters. The topological polar surface area (TPSA) is 6.48 Å². The number of allylic oxidation sites excluding steroid dienone is 4. The quantitative estimate of drug-likeness (QED) is 0.0456. The van der Waals surface area contributed by atoms with Crippen LogP contribution in [0.1, 0.15) is 247 Å². The summed E-state index contributed by atoms with van der Waals surface area (Å²) in [4.78, 5) is 5.65. The van der Waals surface area contributed by atoms with Crippen molar-refractivity contribution in [1.82, 2.24) is 9.80 Å². The average Bonchev–Trinajstić information content (AvgIpc) is 3.15. The average molecular weight is 729 g/mol. The second kappa shape index (κ2) is 43.1. The van der Waals surface area contributed by atoms with Gasteiger partial charge in [0.25, 0.3) is 0 Å². The van der Waals surface area contributed by atoms with Gasteiger partial charge in [-0.15, -0.1) is 0 Å². The van der Waals surface area contributed by atoms with E-state index in [0.717, 1.165) is 11.8 Å². The minimum Gasteiger partial charge on any atom is -0.303 e. The molecule has 0 aromatic rings. The van der Waals surface area contributed by atoms with Gasteiger partial charge in [0, 0.05) is 13.1 Å². The highest BCUT2D eigenvalue weighted by Gasteiger charge is 2.12. The third-order valence-corrected chi connectivity index (χ3v) is 11.7. The molecule has 0 N–H and O–H groups in total. The van der Waals surface area contributed by atoms with Crippen LogP contribution >= 0.6 is 0 Å². The number of rotatable bonds is 43. The molecule has 0 saturated heterocycles. The first-order chi connectivity index (χ1) is 25.6. The molecule has 0 rings (SSSR count). The zero-order chi connectivity index (χ0) is 38.0. The first-order valence-electron chi connectivity index (χ1n) is 24.3. The Morgan fingerprint density at radius 2 is 0.538 bits per heavy atom. The monoisotopic (exact) mass is 729 g/mol. The molecule has 310 valence electrons. The van der Waals surface area contributed by atoms with Gasteiger partial charge in [-0.2, -0.15) is 0 Å². The molecule has 0 amide bonds. The van der Waals surface area contributed by atoms with Crippen molar-refractivity contribution in [3.63, 3.8) is 0 Å². The lowest BCUT2D eigenvalue weighted by Gasteiger charge is -2.27. The highest BCUT2D eigenvalue weighted by molar-refractivity contribution is 4.82. The Morgan fingerprint density at radius 3 is 0.808 bits per heavy atom. The van der Waals surface area contributed by atoms with Crippen molar-refractivity contribution in [2.45, 2.75) is 247 Å². The molecule has 0 heterocycles. The van der Waals surface area contributed by atoms with Crippen LogP contribution in [-0.4, -0.2) is 49.1 Å². The molecule has 2 heteroatoms. The van der Waals surface area contributed by atoms with Crippen molar-refractivity contribution in [1.29, 1.82) is 0 Å². The van der Waals surface area contributed by atoms with E-state index in [-0.39, 0.29) is 0 Å². The van der Waals surface area contributed by atoms with Gasteiger partial charge in [-0.25, -0.2) is 0 Å². The van der Waals surface area contributed by atoms with E-state index in [1.807, 2.05) is 0 Å². The van der Waals surface area contributed by atoms with Crippen molar-refractivity contribution >= 4 is 0 Å². The van der Waals surface area contributed by atoms with Gasteiger partial charge in [-0.05, 0) is 115 Å². The molecule has 0 fully saturated rings. The van der Waals surface area contributed by atoms with E-state index in [9.17, 15) is 0 Å². The molecule has 0 radical (unpaired) electrons. The van der Waals surface area contributed by atoms with Crippen LogP contribution in [-0.2, 0) is 0 Å². The molecule has 0 aliphatic carbocycles. The minimum atomic E-state index is 0.822. The number of hydrogen-bond donors (Lipinski definition) is 0. The predicted molar refractivity (Wildman–Crippen MR) is 240 cm³/mol. The fraction of sp³-hybridized carbons (Fsp3) is 0.920. The Labute approximate surface area is 331 Å². The Balaban J connectivity index is 4.08. The molecular weight excluding hydrogens is 629 g/mol. The van der Waals surface area contributed by atoms with Gasteiger partial charge in [-0.3, -0.25) is 0 Å². The maximum absolute atomic E-state index is 2.83. The maximum atomic E-state index is 2.83. The summed E-state index contributed by atoms with van der Waals surface area (Å²) in [5, 5.41) is 0. The smallest absolute Gasteiger partial charge is 0.000692 e. The van der Waals surface area contributed by atoms with Crippen molar-refractivity contribution < 1.29 is 0 Å². The summed E-state index contributed by atoms with van der Waals surface area (Å²) in [6.07, 6.45) is 54.3. The number of hydrogen-bond acceptors (Lipinski definition) is 2. The van der Waals surface area contributed by atoms with E-state index in [0.29, 0.717) is 0 Å². The molecule has 0 bridgehead atoms. The van der Waals surface area contributed by atoms with Gasteiger partial charge in [0.15, 0.2) is 0 Å². The van der Waals surface area contributed by atoms with Crippen molar-refractivity contribution in [2.75, 3.05) is 39.3 Å². The summed E-state index contributed by atoms with van der Waals surface area (Å²) in [5.74, 6) is 1.64. The van der Waals surface area contributed by atoms with Gasteiger partial charge in [0.05, 0.1) is 0 Å². The molecular formula is C50H100N2. The highest BCUT2D eigenvalue weighted by atomic mass is 15.1. The molecule has 0 aliphatic heterocycles. The normalized spacial score (nSPS) is 13.5. The van der Waals surface area contributed by atoms with Crippen LogP contribution < -0.4 is 0 Å². The highest BCUT2D eigenvalue weighted by Crippen LogP contribution is 2.15. The van der Waals surface area contributed by atoms with Crippen molar-refractivity contribution in [2.24, 2.45) is 11.8 Å². The van der Waals surface area contributed by atoms with Gasteiger partial charge >= 0.3 is 0 Å². The summed E-state index contributed by atoms with van der Waals surface area (Å²) in [6.45, 7) is 22.1. The molecule has 52 heavy (non-hydrogen) atoms. The van der Waals surface area contributed by atoms with E-state index in [2.05, 4.69) is 75.6 Å². The first-order valence-corrected chi connectivity index (χ1v) is 24.3. The zero-order valence-electron chi connectivity index (χ0n) is 37.2. The van der Waals surface area contributed by atoms with Crippen LogP contribution in [0.3, 0.4) is 0 Å². The molecule has 0 aromatic heterocycles. The Hall–Kier alpha value is -0.600. The third-order valence-electron chi connectivity index (χ3n) is 11.7. The fourth-order valence-corrected chi connectivity index (χ4v) is 7.57. The third kappa shape index (κ3) is 39.1. The molecule has 0 aromatic carbocycles. The van der Waals surface area contributed by atoms with E-state index in [4.69, 9.17) is 0 Å². The number of unbranched alkanes of at least 4 members (excludes halogenated alkanes) is 25. The Bertz CT molecular complexity index is 653. The standard InChI is InChI=1S/C50H100N2/c1-7-11-13-15-17-19-21-23-25-27-29-31-33-35-37-39-43-51(47-49(5)9-3)45-41-42-46-52(48-50(6)10-4)44-40-38-36-34-32-30-28-26-24-22-20-18-16-14-12-8-2/h23-26,49-50H,7-22,27-48H2,1-6H3/b25-23+,26-24+. The fourth-order valence-electron chi connectivity index (χ4n) is 7.57. The summed E-state index contributed by atoms with van der Waals surface area (Å²) in [7, 11) is 0. The van der Waals surface area contributed by atoms with Crippen molar-refractivity contribution in [3.8, 4) is 0 Å². The Morgan fingerprint density at radius 1 is 0.308 bits per heavy atom. The SMILES string of the molecule is CCCCCCCC/C=C/CCCCCCCCN(CCCCN(CCCCCCCC/C=C/CCCCCCCC)CC(C)CC)CC(C)CC. The molecule has 0 saturated carbocycles. The lowest BCUT2D eigenvalue weighted by Crippen LogP contribution is -2.33. The molecule has 0 aliphatic rings. The lowest BCUT2D eigenvalue weighted by atomic mass is 10.1. The summed E-state index contributed by atoms with van der Waals surface area (Å²) >= 11 is 0. The lowest BCUT2D eigenvalue weighted by molar-refractivity contribution is 0.203. The second-order valence-corrected chi connectivity index (χ2v) is 17.2. The molecule has 2 nitrogen and oxygen atoms in total. The van der Waals surface area contributed by atoms with Gasteiger partial charge in [-0.1, -0.05) is 194 Å². The summed E-state index contributed by atoms with van der Waals surface area (Å²) < 4.78 is 0. The first kappa shape index (κ1) is 51.4. The summed E-state index contributed by atoms with van der Waals surface area (Å²) in [5.41, 5.74) is 0. The van der Waals surface area contributed by atoms with Gasteiger partial charge in [0.1, 0.15) is 0 Å². The van der Waals surface area contributed by atoms with E-state index < -0.39 is 0 Å². The van der Waals surface area contributed by atoms with Crippen LogP contribution in [0.25, 0.3) is 0 Å². The van der Waals surface area contributed by atoms with E-state index >= 15 is 0 Å². The van der Waals surface area contributed by atoms with Crippen LogP contribution in [0.4, 0.5) is 0 Å².